The number of hydrogen-bond acceptors (Lipinski definition) is 6. The molecule has 0 unspecified atom stereocenters. The summed E-state index contributed by atoms with van der Waals surface area (Å²) in [7, 11) is 1.54. The molecule has 1 N–H and O–H groups in total. The second-order valence-corrected chi connectivity index (χ2v) is 9.27. The summed E-state index contributed by atoms with van der Waals surface area (Å²) in [5, 5.41) is 2.83. The summed E-state index contributed by atoms with van der Waals surface area (Å²) in [6.07, 6.45) is 2.17. The Morgan fingerprint density at radius 1 is 1.00 bits per heavy atom. The van der Waals surface area contributed by atoms with Crippen molar-refractivity contribution in [2.75, 3.05) is 26.8 Å². The number of benzene rings is 2. The number of nitrogens with zero attached hydrogens (tertiary/aromatic N) is 2. The van der Waals surface area contributed by atoms with Gasteiger partial charge in [-0.15, -0.1) is 0 Å². The monoisotopic (exact) mass is 521 g/mol. The summed E-state index contributed by atoms with van der Waals surface area (Å²) in [4.78, 5) is 43.2. The van der Waals surface area contributed by atoms with Gasteiger partial charge in [0.05, 0.1) is 26.5 Å². The molecule has 3 amide bonds. The van der Waals surface area contributed by atoms with E-state index in [0.29, 0.717) is 48.6 Å². The molecule has 2 fully saturated rings. The molecular weight excluding hydrogens is 493 g/mol. The second kappa shape index (κ2) is 10.7. The minimum atomic E-state index is -1.05. The van der Waals surface area contributed by atoms with E-state index in [1.54, 1.807) is 48.4 Å². The molecule has 1 aromatic heterocycles. The third-order valence-corrected chi connectivity index (χ3v) is 7.06. The number of carbonyl (C=O) groups excluding carboxylic acids is 3. The Morgan fingerprint density at radius 3 is 2.29 bits per heavy atom. The SMILES string of the molecule is COc1ccc(C(=O)N2[C@@H](C(=O)NCc3ccco3)COC23CCN(C(=O)c2ccc(F)cc2)CC3)cc1. The van der Waals surface area contributed by atoms with Crippen LogP contribution < -0.4 is 10.1 Å². The van der Waals surface area contributed by atoms with Gasteiger partial charge >= 0.3 is 0 Å². The number of likely N-dealkylation sites (tertiary alicyclic amines) is 1. The third-order valence-electron chi connectivity index (χ3n) is 7.06. The number of furan rings is 1. The first kappa shape index (κ1) is 25.5. The van der Waals surface area contributed by atoms with E-state index in [-0.39, 0.29) is 30.9 Å². The zero-order chi connectivity index (χ0) is 26.7. The lowest BCUT2D eigenvalue weighted by molar-refractivity contribution is -0.128. The predicted octanol–water partition coefficient (Wildman–Crippen LogP) is 3.22. The van der Waals surface area contributed by atoms with Crippen molar-refractivity contribution in [3.8, 4) is 5.75 Å². The van der Waals surface area contributed by atoms with E-state index in [4.69, 9.17) is 13.9 Å². The van der Waals surface area contributed by atoms with Crippen molar-refractivity contribution >= 4 is 17.7 Å². The highest BCUT2D eigenvalue weighted by atomic mass is 19.1. The normalized spacial score (nSPS) is 18.4. The van der Waals surface area contributed by atoms with Crippen LogP contribution in [0.25, 0.3) is 0 Å². The zero-order valence-electron chi connectivity index (χ0n) is 20.9. The molecule has 38 heavy (non-hydrogen) atoms. The molecule has 2 aliphatic heterocycles. The van der Waals surface area contributed by atoms with Gasteiger partial charge in [-0.05, 0) is 60.7 Å². The van der Waals surface area contributed by atoms with Crippen molar-refractivity contribution in [3.63, 3.8) is 0 Å². The number of methoxy groups -OCH3 is 1. The summed E-state index contributed by atoms with van der Waals surface area (Å²) in [6.45, 7) is 0.824. The Labute approximate surface area is 219 Å². The molecule has 10 heteroatoms. The number of piperidine rings is 1. The van der Waals surface area contributed by atoms with Gasteiger partial charge < -0.3 is 24.1 Å². The van der Waals surface area contributed by atoms with Gasteiger partial charge in [0.15, 0.2) is 0 Å². The average Bonchev–Trinajstić information content (AvgIpc) is 3.60. The van der Waals surface area contributed by atoms with E-state index < -0.39 is 17.6 Å². The van der Waals surface area contributed by atoms with Crippen LogP contribution in [0.5, 0.6) is 5.75 Å². The molecule has 5 rings (SSSR count). The van der Waals surface area contributed by atoms with Crippen molar-refractivity contribution in [1.29, 1.82) is 0 Å². The van der Waals surface area contributed by atoms with Crippen molar-refractivity contribution in [1.82, 2.24) is 15.1 Å². The Hall–Kier alpha value is -4.18. The number of rotatable bonds is 6. The smallest absolute Gasteiger partial charge is 0.256 e. The van der Waals surface area contributed by atoms with E-state index in [1.165, 1.54) is 35.4 Å². The minimum Gasteiger partial charge on any atom is -0.497 e. The maximum atomic E-state index is 13.8. The zero-order valence-corrected chi connectivity index (χ0v) is 20.9. The van der Waals surface area contributed by atoms with Gasteiger partial charge in [0.1, 0.15) is 29.1 Å². The minimum absolute atomic E-state index is 0.0256. The molecule has 2 aromatic carbocycles. The second-order valence-electron chi connectivity index (χ2n) is 9.27. The molecule has 1 spiro atoms. The number of ether oxygens (including phenoxy) is 2. The van der Waals surface area contributed by atoms with E-state index in [0.717, 1.165) is 0 Å². The topological polar surface area (TPSA) is 101 Å². The standard InChI is InChI=1S/C28H28FN3O6/c1-36-22-10-6-20(7-11-22)27(35)32-24(25(33)30-17-23-3-2-16-37-23)18-38-28(32)12-14-31(15-13-28)26(34)19-4-8-21(29)9-5-19/h2-11,16,24H,12-15,17-18H2,1H3,(H,30,33)/t24-/m1/s1. The third kappa shape index (κ3) is 4.99. The van der Waals surface area contributed by atoms with Crippen molar-refractivity contribution < 1.29 is 32.7 Å². The fourth-order valence-corrected chi connectivity index (χ4v) is 4.98. The molecular formula is C28H28FN3O6. The fourth-order valence-electron chi connectivity index (χ4n) is 4.98. The van der Waals surface area contributed by atoms with E-state index in [2.05, 4.69) is 5.32 Å². The maximum Gasteiger partial charge on any atom is 0.256 e. The summed E-state index contributed by atoms with van der Waals surface area (Å²) >= 11 is 0. The molecule has 0 aliphatic carbocycles. The average molecular weight is 522 g/mol. The van der Waals surface area contributed by atoms with Gasteiger partial charge in [0.2, 0.25) is 5.91 Å². The molecule has 9 nitrogen and oxygen atoms in total. The number of nitrogens with one attached hydrogen (secondary N) is 1. The van der Waals surface area contributed by atoms with E-state index in [1.807, 2.05) is 0 Å². The molecule has 0 saturated carbocycles. The first-order valence-electron chi connectivity index (χ1n) is 12.4. The van der Waals surface area contributed by atoms with Crippen LogP contribution in [0.2, 0.25) is 0 Å². The molecule has 3 aromatic rings. The van der Waals surface area contributed by atoms with Crippen LogP contribution in [0, 0.1) is 5.82 Å². The summed E-state index contributed by atoms with van der Waals surface area (Å²) in [5.74, 6) is -0.144. The lowest BCUT2D eigenvalue weighted by atomic mass is 9.96. The van der Waals surface area contributed by atoms with Crippen LogP contribution in [-0.4, -0.2) is 66.1 Å². The van der Waals surface area contributed by atoms with E-state index in [9.17, 15) is 18.8 Å². The molecule has 3 heterocycles. The van der Waals surface area contributed by atoms with Crippen molar-refractivity contribution in [3.05, 3.63) is 89.6 Å². The highest BCUT2D eigenvalue weighted by Crippen LogP contribution is 2.39. The Morgan fingerprint density at radius 2 is 1.66 bits per heavy atom. The fraction of sp³-hybridized carbons (Fsp3) is 0.321. The van der Waals surface area contributed by atoms with Gasteiger partial charge in [-0.3, -0.25) is 19.3 Å². The number of hydrogen-bond donors (Lipinski definition) is 1. The molecule has 198 valence electrons. The quantitative estimate of drug-likeness (QED) is 0.535. The number of carbonyl (C=O) groups is 3. The van der Waals surface area contributed by atoms with Crippen LogP contribution in [0.1, 0.15) is 39.3 Å². The Bertz CT molecular complexity index is 1290. The van der Waals surface area contributed by atoms with Crippen LogP contribution >= 0.6 is 0 Å². The summed E-state index contributed by atoms with van der Waals surface area (Å²) < 4.78 is 30.0. The predicted molar refractivity (Wildman–Crippen MR) is 134 cm³/mol. The first-order valence-corrected chi connectivity index (χ1v) is 12.4. The highest BCUT2D eigenvalue weighted by Gasteiger charge is 2.54. The van der Waals surface area contributed by atoms with Gasteiger partial charge in [-0.1, -0.05) is 0 Å². The first-order chi connectivity index (χ1) is 18.4. The van der Waals surface area contributed by atoms with Crippen LogP contribution in [0.15, 0.2) is 71.3 Å². The molecule has 2 aliphatic rings. The molecule has 0 radical (unpaired) electrons. The maximum absolute atomic E-state index is 13.8. The Balaban J connectivity index is 1.36. The van der Waals surface area contributed by atoms with Gasteiger partial charge in [0, 0.05) is 37.1 Å². The van der Waals surface area contributed by atoms with Crippen LogP contribution in [-0.2, 0) is 16.1 Å². The van der Waals surface area contributed by atoms with Crippen LogP contribution in [0.3, 0.4) is 0 Å². The highest BCUT2D eigenvalue weighted by molar-refractivity contribution is 5.98. The lowest BCUT2D eigenvalue weighted by Gasteiger charge is -2.44. The van der Waals surface area contributed by atoms with Gasteiger partial charge in [0.25, 0.3) is 11.8 Å². The van der Waals surface area contributed by atoms with Crippen molar-refractivity contribution in [2.24, 2.45) is 0 Å². The number of amides is 3. The summed E-state index contributed by atoms with van der Waals surface area (Å²) in [6, 6.07) is 14.7. The van der Waals surface area contributed by atoms with Crippen LogP contribution in [0.4, 0.5) is 4.39 Å². The molecule has 1 atom stereocenters. The van der Waals surface area contributed by atoms with Crippen molar-refractivity contribution in [2.45, 2.75) is 31.2 Å². The Kier molecular flexibility index (Phi) is 7.15. The molecule has 0 bridgehead atoms. The van der Waals surface area contributed by atoms with E-state index >= 15 is 0 Å². The molecule has 2 saturated heterocycles. The number of halogens is 1. The van der Waals surface area contributed by atoms with Gasteiger partial charge in [-0.25, -0.2) is 4.39 Å². The largest absolute Gasteiger partial charge is 0.497 e. The van der Waals surface area contributed by atoms with Gasteiger partial charge in [-0.2, -0.15) is 0 Å². The lowest BCUT2D eigenvalue weighted by Crippen LogP contribution is -2.59. The summed E-state index contributed by atoms with van der Waals surface area (Å²) in [5.41, 5.74) is -0.274.